The summed E-state index contributed by atoms with van der Waals surface area (Å²) < 4.78 is 0. The van der Waals surface area contributed by atoms with E-state index < -0.39 is 6.10 Å². The minimum Gasteiger partial charge on any atom is -0.376 e. The first-order valence-corrected chi connectivity index (χ1v) is 4.30. The van der Waals surface area contributed by atoms with Gasteiger partial charge in [-0.1, -0.05) is 18.1 Å². The Labute approximate surface area is 82.2 Å². The Bertz CT molecular complexity index is 499. The van der Waals surface area contributed by atoms with Crippen LogP contribution in [0.25, 0.3) is 10.9 Å². The first-order chi connectivity index (χ1) is 6.81. The van der Waals surface area contributed by atoms with Crippen molar-refractivity contribution in [3.8, 4) is 12.3 Å². The summed E-state index contributed by atoms with van der Waals surface area (Å²) in [5.41, 5.74) is 1.63. The Morgan fingerprint density at radius 3 is 3.00 bits per heavy atom. The number of hydrogen-bond acceptors (Lipinski definition) is 2. The van der Waals surface area contributed by atoms with E-state index in [4.69, 9.17) is 6.42 Å². The third-order valence-electron chi connectivity index (χ3n) is 2.10. The van der Waals surface area contributed by atoms with Crippen LogP contribution in [0.4, 0.5) is 0 Å². The fraction of sp³-hybridized carbons (Fsp3) is 0.0833. The molecule has 1 aromatic heterocycles. The number of fused-ring (bicyclic) bond motifs is 1. The van der Waals surface area contributed by atoms with E-state index >= 15 is 0 Å². The maximum atomic E-state index is 9.43. The van der Waals surface area contributed by atoms with Gasteiger partial charge in [-0.05, 0) is 23.8 Å². The molecule has 2 heteroatoms. The molecule has 1 atom stereocenters. The van der Waals surface area contributed by atoms with Crippen molar-refractivity contribution in [1.82, 2.24) is 4.98 Å². The number of benzene rings is 1. The van der Waals surface area contributed by atoms with Crippen molar-refractivity contribution in [2.45, 2.75) is 6.10 Å². The largest absolute Gasteiger partial charge is 0.376 e. The molecular weight excluding hydrogens is 174 g/mol. The van der Waals surface area contributed by atoms with Crippen molar-refractivity contribution >= 4 is 10.9 Å². The Morgan fingerprint density at radius 2 is 2.21 bits per heavy atom. The summed E-state index contributed by atoms with van der Waals surface area (Å²) in [6, 6.07) is 9.29. The van der Waals surface area contributed by atoms with Crippen LogP contribution in [0.3, 0.4) is 0 Å². The molecule has 2 aromatic rings. The second kappa shape index (κ2) is 3.49. The first kappa shape index (κ1) is 8.74. The highest BCUT2D eigenvalue weighted by Gasteiger charge is 2.03. The fourth-order valence-corrected chi connectivity index (χ4v) is 1.36. The van der Waals surface area contributed by atoms with Crippen LogP contribution in [0.2, 0.25) is 0 Å². The second-order valence-corrected chi connectivity index (χ2v) is 3.02. The van der Waals surface area contributed by atoms with E-state index in [9.17, 15) is 5.11 Å². The van der Waals surface area contributed by atoms with Crippen LogP contribution in [0.15, 0.2) is 36.5 Å². The van der Waals surface area contributed by atoms with Gasteiger partial charge in [0.1, 0.15) is 6.10 Å². The van der Waals surface area contributed by atoms with Crippen molar-refractivity contribution in [3.63, 3.8) is 0 Å². The van der Waals surface area contributed by atoms with E-state index in [2.05, 4.69) is 10.9 Å². The Hall–Kier alpha value is -1.85. The summed E-state index contributed by atoms with van der Waals surface area (Å²) in [5.74, 6) is 2.28. The lowest BCUT2D eigenvalue weighted by Crippen LogP contribution is -1.92. The quantitative estimate of drug-likeness (QED) is 0.685. The van der Waals surface area contributed by atoms with Crippen LogP contribution in [-0.4, -0.2) is 10.1 Å². The number of rotatable bonds is 1. The molecule has 2 rings (SSSR count). The third kappa shape index (κ3) is 1.46. The van der Waals surface area contributed by atoms with Crippen LogP contribution < -0.4 is 0 Å². The number of aliphatic hydroxyl groups is 1. The number of hydrogen-bond donors (Lipinski definition) is 1. The van der Waals surface area contributed by atoms with E-state index in [0.29, 0.717) is 0 Å². The molecule has 1 heterocycles. The molecule has 0 saturated carbocycles. The minimum absolute atomic E-state index is 0.730. The van der Waals surface area contributed by atoms with Gasteiger partial charge in [0, 0.05) is 11.6 Å². The summed E-state index contributed by atoms with van der Waals surface area (Å²) in [6.45, 7) is 0. The Kier molecular flexibility index (Phi) is 2.18. The van der Waals surface area contributed by atoms with Crippen LogP contribution >= 0.6 is 0 Å². The molecule has 68 valence electrons. The van der Waals surface area contributed by atoms with Gasteiger partial charge in [0.15, 0.2) is 0 Å². The molecular formula is C12H9NO. The van der Waals surface area contributed by atoms with Gasteiger partial charge in [0.2, 0.25) is 0 Å². The van der Waals surface area contributed by atoms with Crippen molar-refractivity contribution in [2.75, 3.05) is 0 Å². The van der Waals surface area contributed by atoms with Gasteiger partial charge in [-0.3, -0.25) is 4.98 Å². The normalized spacial score (nSPS) is 12.3. The van der Waals surface area contributed by atoms with E-state index in [-0.39, 0.29) is 0 Å². The third-order valence-corrected chi connectivity index (χ3v) is 2.10. The molecule has 0 aliphatic carbocycles. The second-order valence-electron chi connectivity index (χ2n) is 3.02. The van der Waals surface area contributed by atoms with Crippen LogP contribution in [0, 0.1) is 12.3 Å². The van der Waals surface area contributed by atoms with E-state index in [1.165, 1.54) is 0 Å². The molecule has 0 aliphatic rings. The van der Waals surface area contributed by atoms with Crippen molar-refractivity contribution in [3.05, 3.63) is 42.1 Å². The molecule has 0 radical (unpaired) electrons. The lowest BCUT2D eigenvalue weighted by atomic mass is 10.1. The van der Waals surface area contributed by atoms with Gasteiger partial charge in [-0.25, -0.2) is 0 Å². The SMILES string of the molecule is C#C[C@@H](O)c1ccc2ncccc2c1. The number of aliphatic hydroxyl groups excluding tert-OH is 1. The van der Waals surface area contributed by atoms with Crippen molar-refractivity contribution in [1.29, 1.82) is 0 Å². The summed E-state index contributed by atoms with van der Waals surface area (Å²) >= 11 is 0. The molecule has 0 aliphatic heterocycles. The van der Waals surface area contributed by atoms with Crippen molar-refractivity contribution < 1.29 is 5.11 Å². The van der Waals surface area contributed by atoms with E-state index in [1.54, 1.807) is 12.3 Å². The zero-order valence-corrected chi connectivity index (χ0v) is 7.51. The van der Waals surface area contributed by atoms with Crippen molar-refractivity contribution in [2.24, 2.45) is 0 Å². The van der Waals surface area contributed by atoms with Gasteiger partial charge in [-0.2, -0.15) is 0 Å². The summed E-state index contributed by atoms with van der Waals surface area (Å²) in [5, 5.41) is 10.4. The average Bonchev–Trinajstić information content (AvgIpc) is 2.27. The maximum absolute atomic E-state index is 9.43. The standard InChI is InChI=1S/C12H9NO/c1-2-12(14)10-5-6-11-9(8-10)4-3-7-13-11/h1,3-8,12,14H/t12-/m1/s1. The molecule has 0 fully saturated rings. The lowest BCUT2D eigenvalue weighted by molar-refractivity contribution is 0.239. The molecule has 0 amide bonds. The number of pyridine rings is 1. The number of aromatic nitrogens is 1. The van der Waals surface area contributed by atoms with Gasteiger partial charge in [-0.15, -0.1) is 6.42 Å². The number of nitrogens with zero attached hydrogens (tertiary/aromatic N) is 1. The Balaban J connectivity index is 2.58. The average molecular weight is 183 g/mol. The van der Waals surface area contributed by atoms with E-state index in [0.717, 1.165) is 16.5 Å². The Morgan fingerprint density at radius 1 is 1.36 bits per heavy atom. The monoisotopic (exact) mass is 183 g/mol. The van der Waals surface area contributed by atoms with E-state index in [1.807, 2.05) is 24.3 Å². The maximum Gasteiger partial charge on any atom is 0.140 e. The van der Waals surface area contributed by atoms with Crippen LogP contribution in [0.5, 0.6) is 0 Å². The van der Waals surface area contributed by atoms with Gasteiger partial charge in [0.05, 0.1) is 5.52 Å². The van der Waals surface area contributed by atoms with Gasteiger partial charge < -0.3 is 5.11 Å². The highest BCUT2D eigenvalue weighted by atomic mass is 16.3. The lowest BCUT2D eigenvalue weighted by Gasteiger charge is -2.04. The number of terminal acetylenes is 1. The zero-order valence-electron chi connectivity index (χ0n) is 7.51. The van der Waals surface area contributed by atoms with Gasteiger partial charge in [0.25, 0.3) is 0 Å². The molecule has 0 spiro atoms. The smallest absolute Gasteiger partial charge is 0.140 e. The predicted octanol–water partition coefficient (Wildman–Crippen LogP) is 1.90. The molecule has 2 nitrogen and oxygen atoms in total. The molecule has 14 heavy (non-hydrogen) atoms. The summed E-state index contributed by atoms with van der Waals surface area (Å²) in [7, 11) is 0. The van der Waals surface area contributed by atoms with Crippen LogP contribution in [-0.2, 0) is 0 Å². The van der Waals surface area contributed by atoms with Gasteiger partial charge >= 0.3 is 0 Å². The highest BCUT2D eigenvalue weighted by molar-refractivity contribution is 5.79. The summed E-state index contributed by atoms with van der Waals surface area (Å²) in [4.78, 5) is 4.17. The molecule has 0 saturated heterocycles. The first-order valence-electron chi connectivity index (χ1n) is 4.30. The molecule has 0 unspecified atom stereocenters. The van der Waals surface area contributed by atoms with Crippen LogP contribution in [0.1, 0.15) is 11.7 Å². The minimum atomic E-state index is -0.834. The molecule has 0 bridgehead atoms. The molecule has 1 N–H and O–H groups in total. The zero-order chi connectivity index (χ0) is 9.97. The molecule has 1 aromatic carbocycles. The highest BCUT2D eigenvalue weighted by Crippen LogP contribution is 2.18. The topological polar surface area (TPSA) is 33.1 Å². The predicted molar refractivity (Wildman–Crippen MR) is 55.5 cm³/mol. The summed E-state index contributed by atoms with van der Waals surface area (Å²) in [6.07, 6.45) is 6.03. The fourth-order valence-electron chi connectivity index (χ4n) is 1.36.